The van der Waals surface area contributed by atoms with Crippen LogP contribution in [0.15, 0.2) is 42.5 Å². The highest BCUT2D eigenvalue weighted by Crippen LogP contribution is 2.35. The monoisotopic (exact) mass is 498 g/mol. The summed E-state index contributed by atoms with van der Waals surface area (Å²) in [7, 11) is -9.04. The van der Waals surface area contributed by atoms with Crippen molar-refractivity contribution in [1.29, 1.82) is 0 Å². The summed E-state index contributed by atoms with van der Waals surface area (Å²) in [5.41, 5.74) is 1.48. The van der Waals surface area contributed by atoms with Crippen LogP contribution in [0.1, 0.15) is 18.4 Å². The Morgan fingerprint density at radius 2 is 1.26 bits per heavy atom. The number of ether oxygens (including phenoxy) is 1. The van der Waals surface area contributed by atoms with Crippen LogP contribution in [-0.2, 0) is 21.9 Å². The molecule has 1 atom stereocenters. The topological polar surface area (TPSA) is 54.0 Å². The highest BCUT2D eigenvalue weighted by molar-refractivity contribution is 6.90. The summed E-state index contributed by atoms with van der Waals surface area (Å²) >= 11 is 0. The van der Waals surface area contributed by atoms with Gasteiger partial charge >= 0.3 is 14.8 Å². The molecular weight excluding hydrogens is 457 g/mol. The first-order valence-corrected chi connectivity index (χ1v) is 23.1. The summed E-state index contributed by atoms with van der Waals surface area (Å²) in [6.45, 7) is 25.2. The quantitative estimate of drug-likeness (QED) is 0.190. The number of benzene rings is 1. The predicted molar refractivity (Wildman–Crippen MR) is 139 cm³/mol. The van der Waals surface area contributed by atoms with Gasteiger partial charge in [0, 0.05) is 17.5 Å². The number of carbonyl (C=O) groups excluding carboxylic acids is 1. The van der Waals surface area contributed by atoms with Crippen LogP contribution in [0.4, 0.5) is 0 Å². The molecule has 31 heavy (non-hydrogen) atoms. The number of esters is 1. The van der Waals surface area contributed by atoms with Crippen LogP contribution in [0.3, 0.4) is 0 Å². The van der Waals surface area contributed by atoms with Crippen LogP contribution in [0, 0.1) is 0 Å². The Hall–Kier alpha value is -0.822. The average Bonchev–Trinajstić information content (AvgIpc) is 2.54. The van der Waals surface area contributed by atoms with Crippen LogP contribution in [-0.4, -0.2) is 46.3 Å². The number of hydrogen-bond acceptors (Lipinski definition) is 5. The molecule has 1 aromatic rings. The van der Waals surface area contributed by atoms with Gasteiger partial charge in [-0.05, 0) is 71.4 Å². The van der Waals surface area contributed by atoms with Crippen molar-refractivity contribution in [3.8, 4) is 0 Å². The van der Waals surface area contributed by atoms with E-state index in [1.165, 1.54) is 0 Å². The van der Waals surface area contributed by atoms with E-state index in [-0.39, 0.29) is 18.5 Å². The SMILES string of the molecule is C=C(C)C(=O)OCC(C[Si](O[Si](C)(C)C)(O[Si](C)(C)C)O[Si](C)(C)C)c1ccccc1. The molecule has 0 amide bonds. The molecule has 0 fully saturated rings. The zero-order chi connectivity index (χ0) is 24.1. The van der Waals surface area contributed by atoms with Gasteiger partial charge in [0.1, 0.15) is 0 Å². The van der Waals surface area contributed by atoms with Crippen molar-refractivity contribution in [2.24, 2.45) is 0 Å². The minimum absolute atomic E-state index is 0.0831. The Kier molecular flexibility index (Phi) is 9.89. The predicted octanol–water partition coefficient (Wildman–Crippen LogP) is 6.38. The van der Waals surface area contributed by atoms with Crippen LogP contribution in [0.5, 0.6) is 0 Å². The maximum absolute atomic E-state index is 12.1. The fourth-order valence-electron chi connectivity index (χ4n) is 3.19. The van der Waals surface area contributed by atoms with E-state index in [0.29, 0.717) is 11.6 Å². The van der Waals surface area contributed by atoms with Crippen LogP contribution < -0.4 is 0 Å². The lowest BCUT2D eigenvalue weighted by molar-refractivity contribution is -0.139. The smallest absolute Gasteiger partial charge is 0.462 e. The minimum Gasteiger partial charge on any atom is -0.462 e. The third-order valence-corrected chi connectivity index (χ3v) is 16.0. The Labute approximate surface area is 193 Å². The molecule has 9 heteroatoms. The second-order valence-corrected chi connectivity index (χ2v) is 27.9. The van der Waals surface area contributed by atoms with Gasteiger partial charge in [-0.15, -0.1) is 0 Å². The summed E-state index contributed by atoms with van der Waals surface area (Å²) in [5.74, 6) is -0.461. The number of rotatable bonds is 12. The molecule has 0 N–H and O–H groups in total. The average molecular weight is 499 g/mol. The zero-order valence-corrected chi connectivity index (χ0v) is 25.1. The maximum Gasteiger partial charge on any atom is 0.470 e. The van der Waals surface area contributed by atoms with Gasteiger partial charge in [0.25, 0.3) is 0 Å². The van der Waals surface area contributed by atoms with E-state index >= 15 is 0 Å². The second-order valence-electron chi connectivity index (χ2n) is 11.0. The zero-order valence-electron chi connectivity index (χ0n) is 21.1. The van der Waals surface area contributed by atoms with Crippen molar-refractivity contribution in [3.05, 3.63) is 48.0 Å². The lowest BCUT2D eigenvalue weighted by Gasteiger charge is -2.44. The number of hydrogen-bond donors (Lipinski definition) is 0. The molecule has 5 nitrogen and oxygen atoms in total. The third kappa shape index (κ3) is 11.6. The first kappa shape index (κ1) is 28.2. The molecule has 1 aromatic carbocycles. The van der Waals surface area contributed by atoms with Gasteiger partial charge < -0.3 is 17.1 Å². The standard InChI is InChI=1S/C22H42O5Si4/c1-19(2)22(23)24-17-21(20-15-13-12-14-16-20)18-31(25-28(3,4)5,26-29(6,7)8)27-30(9,10)11/h12-16,21H,1,17-18H2,2-11H3. The fraction of sp³-hybridized carbons (Fsp3) is 0.591. The maximum atomic E-state index is 12.1. The molecule has 0 aliphatic rings. The van der Waals surface area contributed by atoms with E-state index < -0.39 is 33.8 Å². The molecule has 0 aliphatic carbocycles. The lowest BCUT2D eigenvalue weighted by Crippen LogP contribution is -2.61. The Morgan fingerprint density at radius 3 is 1.61 bits per heavy atom. The van der Waals surface area contributed by atoms with E-state index in [1.807, 2.05) is 18.2 Å². The summed E-state index contributed by atoms with van der Waals surface area (Å²) in [4.78, 5) is 12.1. The minimum atomic E-state index is -3.08. The van der Waals surface area contributed by atoms with E-state index in [9.17, 15) is 4.79 Å². The van der Waals surface area contributed by atoms with E-state index in [0.717, 1.165) is 5.56 Å². The lowest BCUT2D eigenvalue weighted by atomic mass is 10.0. The van der Waals surface area contributed by atoms with E-state index in [1.54, 1.807) is 6.92 Å². The molecule has 0 spiro atoms. The van der Waals surface area contributed by atoms with Gasteiger partial charge in [0.05, 0.1) is 6.61 Å². The van der Waals surface area contributed by atoms with Crippen molar-refractivity contribution in [2.45, 2.75) is 77.8 Å². The molecule has 0 radical (unpaired) electrons. The fourth-order valence-corrected chi connectivity index (χ4v) is 18.0. The third-order valence-electron chi connectivity index (χ3n) is 3.92. The molecule has 0 saturated carbocycles. The molecular formula is C22H42O5Si4. The van der Waals surface area contributed by atoms with Gasteiger partial charge in [-0.25, -0.2) is 4.79 Å². The molecule has 0 heterocycles. The summed E-state index contributed by atoms with van der Waals surface area (Å²) < 4.78 is 26.1. The largest absolute Gasteiger partial charge is 0.470 e. The van der Waals surface area contributed by atoms with Crippen molar-refractivity contribution in [3.63, 3.8) is 0 Å². The molecule has 0 bridgehead atoms. The summed E-state index contributed by atoms with van der Waals surface area (Å²) in [6.07, 6.45) is 0. The van der Waals surface area contributed by atoms with Crippen LogP contribution >= 0.6 is 0 Å². The van der Waals surface area contributed by atoms with Gasteiger partial charge in [-0.1, -0.05) is 36.9 Å². The first-order chi connectivity index (χ1) is 13.9. The van der Waals surface area contributed by atoms with E-state index in [2.05, 4.69) is 77.6 Å². The normalized spacial score (nSPS) is 14.3. The van der Waals surface area contributed by atoms with Crippen LogP contribution in [0.2, 0.25) is 65.0 Å². The molecule has 1 rings (SSSR count). The van der Waals surface area contributed by atoms with Gasteiger partial charge in [0.2, 0.25) is 0 Å². The first-order valence-electron chi connectivity index (χ1n) is 10.9. The second kappa shape index (κ2) is 10.9. The Balaban J connectivity index is 3.44. The Bertz CT molecular complexity index is 692. The van der Waals surface area contributed by atoms with Gasteiger partial charge in [-0.2, -0.15) is 0 Å². The molecule has 176 valence electrons. The highest BCUT2D eigenvalue weighted by atomic mass is 28.5. The molecule has 0 aliphatic heterocycles. The van der Waals surface area contributed by atoms with Crippen molar-refractivity contribution in [1.82, 2.24) is 0 Å². The van der Waals surface area contributed by atoms with Crippen molar-refractivity contribution < 1.29 is 21.9 Å². The van der Waals surface area contributed by atoms with Gasteiger partial charge in [0.15, 0.2) is 25.0 Å². The van der Waals surface area contributed by atoms with Crippen molar-refractivity contribution >= 4 is 39.7 Å². The highest BCUT2D eigenvalue weighted by Gasteiger charge is 2.51. The molecule has 0 saturated heterocycles. The summed E-state index contributed by atoms with van der Waals surface area (Å²) in [5, 5.41) is 0. The summed E-state index contributed by atoms with van der Waals surface area (Å²) in [6, 6.07) is 10.7. The van der Waals surface area contributed by atoms with E-state index in [4.69, 9.17) is 17.1 Å². The Morgan fingerprint density at radius 1 is 0.839 bits per heavy atom. The molecule has 1 unspecified atom stereocenters. The number of carbonyl (C=O) groups is 1. The van der Waals surface area contributed by atoms with Gasteiger partial charge in [-0.3, -0.25) is 0 Å². The molecule has 0 aromatic heterocycles. The van der Waals surface area contributed by atoms with Crippen LogP contribution in [0.25, 0.3) is 0 Å². The van der Waals surface area contributed by atoms with Crippen molar-refractivity contribution in [2.75, 3.05) is 6.61 Å².